The van der Waals surface area contributed by atoms with Gasteiger partial charge in [-0.25, -0.2) is 9.97 Å². The molecule has 2 aromatic heterocycles. The summed E-state index contributed by atoms with van der Waals surface area (Å²) >= 11 is 1.53. The lowest BCUT2D eigenvalue weighted by atomic mass is 10.1. The number of aromatic nitrogens is 3. The number of para-hydroxylation sites is 1. The van der Waals surface area contributed by atoms with E-state index in [-0.39, 0.29) is 0 Å². The third-order valence-electron chi connectivity index (χ3n) is 4.82. The van der Waals surface area contributed by atoms with Gasteiger partial charge in [-0.15, -0.1) is 0 Å². The second kappa shape index (κ2) is 8.54. The Balaban J connectivity index is 1.46. The highest BCUT2D eigenvalue weighted by Crippen LogP contribution is 2.35. The molecule has 27 heavy (non-hydrogen) atoms. The van der Waals surface area contributed by atoms with Crippen LogP contribution in [0.2, 0.25) is 0 Å². The summed E-state index contributed by atoms with van der Waals surface area (Å²) in [6, 6.07) is 10.1. The minimum absolute atomic E-state index is 0.592. The van der Waals surface area contributed by atoms with E-state index in [2.05, 4.69) is 37.3 Å². The van der Waals surface area contributed by atoms with Crippen molar-refractivity contribution in [3.63, 3.8) is 0 Å². The SMILES string of the molecule is Nc1c(NCCN2CCCCC2)ncnc1Sc1cccc2cccnc12. The molecular formula is C20H24N6S. The van der Waals surface area contributed by atoms with Crippen LogP contribution in [0.15, 0.2) is 52.8 Å². The van der Waals surface area contributed by atoms with Crippen molar-refractivity contribution in [2.24, 2.45) is 0 Å². The largest absolute Gasteiger partial charge is 0.394 e. The topological polar surface area (TPSA) is 80.0 Å². The van der Waals surface area contributed by atoms with Crippen LogP contribution in [-0.2, 0) is 0 Å². The molecule has 3 aromatic rings. The number of benzene rings is 1. The number of nitrogens with zero attached hydrogens (tertiary/aromatic N) is 4. The van der Waals surface area contributed by atoms with E-state index in [0.29, 0.717) is 11.5 Å². The molecule has 1 fully saturated rings. The fourth-order valence-corrected chi connectivity index (χ4v) is 4.31. The monoisotopic (exact) mass is 380 g/mol. The van der Waals surface area contributed by atoms with Crippen LogP contribution in [0.5, 0.6) is 0 Å². The van der Waals surface area contributed by atoms with Gasteiger partial charge >= 0.3 is 0 Å². The number of hydrogen-bond acceptors (Lipinski definition) is 7. The van der Waals surface area contributed by atoms with Gasteiger partial charge in [-0.1, -0.05) is 36.4 Å². The fraction of sp³-hybridized carbons (Fsp3) is 0.350. The summed E-state index contributed by atoms with van der Waals surface area (Å²) in [7, 11) is 0. The summed E-state index contributed by atoms with van der Waals surface area (Å²) in [5.41, 5.74) is 7.90. The van der Waals surface area contributed by atoms with Crippen LogP contribution in [0.4, 0.5) is 11.5 Å². The second-order valence-electron chi connectivity index (χ2n) is 6.70. The number of nitrogens with two attached hydrogens (primary N) is 1. The molecule has 0 spiro atoms. The zero-order valence-electron chi connectivity index (χ0n) is 15.3. The highest BCUT2D eigenvalue weighted by atomic mass is 32.2. The quantitative estimate of drug-likeness (QED) is 0.632. The van der Waals surface area contributed by atoms with Crippen LogP contribution in [0.3, 0.4) is 0 Å². The minimum atomic E-state index is 0.592. The van der Waals surface area contributed by atoms with E-state index >= 15 is 0 Å². The lowest BCUT2D eigenvalue weighted by Gasteiger charge is -2.26. The van der Waals surface area contributed by atoms with Gasteiger partial charge in [-0.05, 0) is 38.1 Å². The first-order valence-electron chi connectivity index (χ1n) is 9.39. The summed E-state index contributed by atoms with van der Waals surface area (Å²) in [4.78, 5) is 16.8. The van der Waals surface area contributed by atoms with Crippen LogP contribution in [0.1, 0.15) is 19.3 Å². The molecule has 0 radical (unpaired) electrons. The molecule has 140 valence electrons. The van der Waals surface area contributed by atoms with Crippen molar-refractivity contribution in [2.45, 2.75) is 29.2 Å². The molecule has 0 saturated carbocycles. The Morgan fingerprint density at radius 1 is 1.04 bits per heavy atom. The highest BCUT2D eigenvalue weighted by molar-refractivity contribution is 7.99. The number of fused-ring (bicyclic) bond motifs is 1. The van der Waals surface area contributed by atoms with Crippen molar-refractivity contribution >= 4 is 34.2 Å². The minimum Gasteiger partial charge on any atom is -0.394 e. The summed E-state index contributed by atoms with van der Waals surface area (Å²) in [5.74, 6) is 0.706. The van der Waals surface area contributed by atoms with Crippen molar-refractivity contribution in [2.75, 3.05) is 37.2 Å². The summed E-state index contributed by atoms with van der Waals surface area (Å²) in [5, 5.41) is 5.24. The average Bonchev–Trinajstić information content (AvgIpc) is 2.72. The second-order valence-corrected chi connectivity index (χ2v) is 7.73. The Morgan fingerprint density at radius 2 is 1.89 bits per heavy atom. The van der Waals surface area contributed by atoms with Crippen LogP contribution in [-0.4, -0.2) is 46.0 Å². The Labute approximate surface area is 163 Å². The molecule has 6 nitrogen and oxygen atoms in total. The van der Waals surface area contributed by atoms with Gasteiger partial charge in [0.2, 0.25) is 0 Å². The Morgan fingerprint density at radius 3 is 2.78 bits per heavy atom. The van der Waals surface area contributed by atoms with E-state index in [1.54, 1.807) is 6.33 Å². The van der Waals surface area contributed by atoms with Gasteiger partial charge in [0.05, 0.1) is 5.52 Å². The van der Waals surface area contributed by atoms with E-state index in [0.717, 1.165) is 33.9 Å². The van der Waals surface area contributed by atoms with Gasteiger partial charge in [-0.3, -0.25) is 4.98 Å². The zero-order chi connectivity index (χ0) is 18.5. The number of hydrogen-bond donors (Lipinski definition) is 2. The van der Waals surface area contributed by atoms with Crippen molar-refractivity contribution < 1.29 is 0 Å². The molecule has 1 aromatic carbocycles. The fourth-order valence-electron chi connectivity index (χ4n) is 3.38. The first-order chi connectivity index (χ1) is 13.3. The number of likely N-dealkylation sites (tertiary alicyclic amines) is 1. The Hall–Kier alpha value is -2.38. The lowest BCUT2D eigenvalue weighted by Crippen LogP contribution is -2.33. The molecule has 7 heteroatoms. The number of rotatable bonds is 6. The molecule has 3 N–H and O–H groups in total. The van der Waals surface area contributed by atoms with Gasteiger partial charge in [-0.2, -0.15) is 0 Å². The van der Waals surface area contributed by atoms with E-state index in [9.17, 15) is 0 Å². The van der Waals surface area contributed by atoms with Crippen LogP contribution in [0, 0.1) is 0 Å². The standard InChI is InChI=1S/C20H24N6S/c21-17-19(23-10-13-26-11-2-1-3-12-26)24-14-25-20(17)27-16-8-4-6-15-7-5-9-22-18(15)16/h4-9,14H,1-3,10-13,21H2,(H,23,24,25). The maximum absolute atomic E-state index is 6.35. The van der Waals surface area contributed by atoms with E-state index in [1.807, 2.05) is 24.4 Å². The van der Waals surface area contributed by atoms with Crippen molar-refractivity contribution in [1.29, 1.82) is 0 Å². The van der Waals surface area contributed by atoms with Gasteiger partial charge in [0.1, 0.15) is 17.0 Å². The van der Waals surface area contributed by atoms with Crippen LogP contribution >= 0.6 is 11.8 Å². The van der Waals surface area contributed by atoms with E-state index in [1.165, 1.54) is 44.1 Å². The highest BCUT2D eigenvalue weighted by Gasteiger charge is 2.13. The zero-order valence-corrected chi connectivity index (χ0v) is 16.1. The molecule has 3 heterocycles. The third kappa shape index (κ3) is 4.31. The first-order valence-corrected chi connectivity index (χ1v) is 10.2. The number of anilines is 2. The smallest absolute Gasteiger partial charge is 0.153 e. The maximum Gasteiger partial charge on any atom is 0.153 e. The predicted octanol–water partition coefficient (Wildman–Crippen LogP) is 3.66. The molecule has 0 atom stereocenters. The molecule has 0 unspecified atom stereocenters. The Bertz CT molecular complexity index is 905. The van der Waals surface area contributed by atoms with Crippen LogP contribution < -0.4 is 11.1 Å². The number of nitrogen functional groups attached to an aromatic ring is 1. The first kappa shape index (κ1) is 18.0. The molecule has 1 aliphatic rings. The van der Waals surface area contributed by atoms with Crippen LogP contribution in [0.25, 0.3) is 10.9 Å². The van der Waals surface area contributed by atoms with Crippen molar-refractivity contribution in [3.05, 3.63) is 42.9 Å². The molecule has 1 saturated heterocycles. The maximum atomic E-state index is 6.35. The molecule has 0 bridgehead atoms. The molecule has 1 aliphatic heterocycles. The van der Waals surface area contributed by atoms with Gasteiger partial charge in [0.25, 0.3) is 0 Å². The average molecular weight is 381 g/mol. The molecule has 0 amide bonds. The molecule has 4 rings (SSSR count). The lowest BCUT2D eigenvalue weighted by molar-refractivity contribution is 0.237. The van der Waals surface area contributed by atoms with Gasteiger partial charge < -0.3 is 16.0 Å². The van der Waals surface area contributed by atoms with E-state index < -0.39 is 0 Å². The van der Waals surface area contributed by atoms with Crippen molar-refractivity contribution in [3.8, 4) is 0 Å². The number of nitrogens with one attached hydrogen (secondary N) is 1. The summed E-state index contributed by atoms with van der Waals surface area (Å²) in [6.07, 6.45) is 7.33. The Kier molecular flexibility index (Phi) is 5.69. The molecule has 0 aliphatic carbocycles. The number of pyridine rings is 1. The summed E-state index contributed by atoms with van der Waals surface area (Å²) < 4.78 is 0. The predicted molar refractivity (Wildman–Crippen MR) is 111 cm³/mol. The summed E-state index contributed by atoms with van der Waals surface area (Å²) in [6.45, 7) is 4.23. The molecular weight excluding hydrogens is 356 g/mol. The van der Waals surface area contributed by atoms with Gasteiger partial charge in [0, 0.05) is 29.6 Å². The van der Waals surface area contributed by atoms with Crippen molar-refractivity contribution in [1.82, 2.24) is 19.9 Å². The van der Waals surface area contributed by atoms with E-state index in [4.69, 9.17) is 5.73 Å². The van der Waals surface area contributed by atoms with Gasteiger partial charge in [0.15, 0.2) is 5.82 Å². The number of piperidine rings is 1. The third-order valence-corrected chi connectivity index (χ3v) is 5.89. The normalized spacial score (nSPS) is 15.1.